The lowest BCUT2D eigenvalue weighted by Gasteiger charge is -2.11. The van der Waals surface area contributed by atoms with Crippen LogP contribution in [0.3, 0.4) is 0 Å². The highest BCUT2D eigenvalue weighted by Gasteiger charge is 2.28. The van der Waals surface area contributed by atoms with Crippen molar-refractivity contribution in [3.8, 4) is 0 Å². The number of ketones is 1. The van der Waals surface area contributed by atoms with Crippen LogP contribution in [0.4, 0.5) is 4.79 Å². The lowest BCUT2D eigenvalue weighted by atomic mass is 10.2. The third kappa shape index (κ3) is 2.72. The van der Waals surface area contributed by atoms with Crippen molar-refractivity contribution in [1.29, 1.82) is 0 Å². The second kappa shape index (κ2) is 4.25. The quantitative estimate of drug-likeness (QED) is 0.701. The lowest BCUT2D eigenvalue weighted by Crippen LogP contribution is -2.32. The number of nitrogens with one attached hydrogen (secondary N) is 1. The van der Waals surface area contributed by atoms with Gasteiger partial charge in [-0.25, -0.2) is 4.79 Å². The summed E-state index contributed by atoms with van der Waals surface area (Å²) in [4.78, 5) is 23.6. The molecule has 0 aromatic carbocycles. The van der Waals surface area contributed by atoms with Crippen LogP contribution in [0, 0.1) is 0 Å². The number of nitrogens with zero attached hydrogens (tertiary/aromatic N) is 1. The first-order valence-electron chi connectivity index (χ1n) is 4.68. The summed E-state index contributed by atoms with van der Waals surface area (Å²) in [5, 5.41) is 2.84. The van der Waals surface area contributed by atoms with Gasteiger partial charge in [-0.1, -0.05) is 13.3 Å². The van der Waals surface area contributed by atoms with Gasteiger partial charge in [0.15, 0.2) is 0 Å². The van der Waals surface area contributed by atoms with Crippen LogP contribution in [-0.4, -0.2) is 35.8 Å². The highest BCUT2D eigenvalue weighted by atomic mass is 16.2. The van der Waals surface area contributed by atoms with E-state index in [-0.39, 0.29) is 24.4 Å². The average Bonchev–Trinajstić information content (AvgIpc) is 2.31. The molecule has 2 amide bonds. The number of hydrogen-bond donors (Lipinski definition) is 1. The van der Waals surface area contributed by atoms with Crippen LogP contribution in [0.1, 0.15) is 26.7 Å². The van der Waals surface area contributed by atoms with Crippen molar-refractivity contribution in [2.45, 2.75) is 32.7 Å². The Labute approximate surface area is 78.3 Å². The van der Waals surface area contributed by atoms with Gasteiger partial charge in [-0.2, -0.15) is 0 Å². The van der Waals surface area contributed by atoms with Crippen molar-refractivity contribution >= 4 is 11.8 Å². The van der Waals surface area contributed by atoms with E-state index in [2.05, 4.69) is 12.2 Å². The molecule has 0 spiro atoms. The number of carbonyl (C=O) groups excluding carboxylic acids is 2. The summed E-state index contributed by atoms with van der Waals surface area (Å²) in [7, 11) is 0. The normalized spacial score (nSPS) is 21.8. The molecule has 1 aliphatic rings. The molecule has 1 heterocycles. The van der Waals surface area contributed by atoms with Crippen molar-refractivity contribution in [1.82, 2.24) is 10.2 Å². The molecule has 0 aliphatic carbocycles. The molecule has 0 saturated carbocycles. The summed E-state index contributed by atoms with van der Waals surface area (Å²) in [6.07, 6.45) is 2.04. The Hall–Kier alpha value is -1.06. The van der Waals surface area contributed by atoms with E-state index in [0.29, 0.717) is 6.54 Å². The van der Waals surface area contributed by atoms with Crippen molar-refractivity contribution < 1.29 is 9.59 Å². The van der Waals surface area contributed by atoms with E-state index in [1.165, 1.54) is 6.92 Å². The molecule has 1 saturated heterocycles. The van der Waals surface area contributed by atoms with Gasteiger partial charge in [0.05, 0.1) is 6.54 Å². The molecule has 13 heavy (non-hydrogen) atoms. The minimum absolute atomic E-state index is 0.0345. The molecule has 0 radical (unpaired) electrons. The van der Waals surface area contributed by atoms with Crippen molar-refractivity contribution in [3.05, 3.63) is 0 Å². The topological polar surface area (TPSA) is 49.4 Å². The average molecular weight is 184 g/mol. The van der Waals surface area contributed by atoms with Gasteiger partial charge in [0.2, 0.25) is 0 Å². The highest BCUT2D eigenvalue weighted by Crippen LogP contribution is 2.08. The predicted octanol–water partition coefficient (Wildman–Crippen LogP) is 0.769. The van der Waals surface area contributed by atoms with E-state index in [4.69, 9.17) is 0 Å². The Morgan fingerprint density at radius 1 is 1.69 bits per heavy atom. The van der Waals surface area contributed by atoms with Crippen LogP contribution >= 0.6 is 0 Å². The van der Waals surface area contributed by atoms with Crippen molar-refractivity contribution in [2.75, 3.05) is 13.1 Å². The first kappa shape index (κ1) is 10.0. The van der Waals surface area contributed by atoms with Gasteiger partial charge < -0.3 is 10.2 Å². The zero-order valence-electron chi connectivity index (χ0n) is 8.17. The lowest BCUT2D eigenvalue weighted by molar-refractivity contribution is -0.117. The summed E-state index contributed by atoms with van der Waals surface area (Å²) in [6.45, 7) is 4.50. The molecule has 0 aromatic heterocycles. The maximum Gasteiger partial charge on any atom is 0.318 e. The van der Waals surface area contributed by atoms with E-state index in [1.54, 1.807) is 4.90 Å². The van der Waals surface area contributed by atoms with Crippen LogP contribution in [-0.2, 0) is 4.79 Å². The standard InChI is InChI=1S/C9H16N2O2/c1-3-4-8-6-11(5-7(2)12)9(13)10-8/h8H,3-6H2,1-2H3,(H,10,13). The number of urea groups is 1. The minimum atomic E-state index is -0.103. The van der Waals surface area contributed by atoms with Crippen molar-refractivity contribution in [2.24, 2.45) is 0 Å². The van der Waals surface area contributed by atoms with Gasteiger partial charge in [-0.05, 0) is 13.3 Å². The SMILES string of the molecule is CCCC1CN(CC(C)=O)C(=O)N1. The third-order valence-corrected chi connectivity index (χ3v) is 2.11. The van der Waals surface area contributed by atoms with E-state index in [1.807, 2.05) is 0 Å². The van der Waals surface area contributed by atoms with Crippen molar-refractivity contribution in [3.63, 3.8) is 0 Å². The molecule has 1 fully saturated rings. The maximum absolute atomic E-state index is 11.3. The molecule has 1 N–H and O–H groups in total. The third-order valence-electron chi connectivity index (χ3n) is 2.11. The number of rotatable bonds is 4. The molecular formula is C9H16N2O2. The van der Waals surface area contributed by atoms with Gasteiger partial charge >= 0.3 is 6.03 Å². The fraction of sp³-hybridized carbons (Fsp3) is 0.778. The smallest absolute Gasteiger partial charge is 0.318 e. The Kier molecular flexibility index (Phi) is 3.28. The molecule has 0 bridgehead atoms. The predicted molar refractivity (Wildman–Crippen MR) is 49.5 cm³/mol. The number of hydrogen-bond acceptors (Lipinski definition) is 2. The summed E-state index contributed by atoms with van der Waals surface area (Å²) in [5.41, 5.74) is 0. The second-order valence-electron chi connectivity index (χ2n) is 3.52. The zero-order valence-corrected chi connectivity index (χ0v) is 8.17. The number of amides is 2. The van der Waals surface area contributed by atoms with E-state index >= 15 is 0 Å². The monoisotopic (exact) mass is 184 g/mol. The van der Waals surface area contributed by atoms with Gasteiger partial charge in [0, 0.05) is 12.6 Å². The molecule has 0 aromatic rings. The molecule has 1 atom stereocenters. The molecule has 74 valence electrons. The molecule has 1 unspecified atom stereocenters. The molecule has 1 rings (SSSR count). The van der Waals surface area contributed by atoms with E-state index in [9.17, 15) is 9.59 Å². The fourth-order valence-corrected chi connectivity index (χ4v) is 1.58. The largest absolute Gasteiger partial charge is 0.333 e. The van der Waals surface area contributed by atoms with E-state index < -0.39 is 0 Å². The zero-order chi connectivity index (χ0) is 9.84. The summed E-state index contributed by atoms with van der Waals surface area (Å²) in [6, 6.07) is 0.130. The van der Waals surface area contributed by atoms with Crippen LogP contribution in [0.2, 0.25) is 0 Å². The molecule has 4 nitrogen and oxygen atoms in total. The minimum Gasteiger partial charge on any atom is -0.333 e. The summed E-state index contributed by atoms with van der Waals surface area (Å²) < 4.78 is 0. The first-order chi connectivity index (χ1) is 6.13. The van der Waals surface area contributed by atoms with Crippen LogP contribution < -0.4 is 5.32 Å². The van der Waals surface area contributed by atoms with Gasteiger partial charge in [-0.3, -0.25) is 4.79 Å². The first-order valence-corrected chi connectivity index (χ1v) is 4.68. The Balaban J connectivity index is 2.41. The Morgan fingerprint density at radius 2 is 2.38 bits per heavy atom. The summed E-state index contributed by atoms with van der Waals surface area (Å²) in [5.74, 6) is 0.0345. The highest BCUT2D eigenvalue weighted by molar-refractivity contribution is 5.85. The number of carbonyl (C=O) groups is 2. The molecule has 1 aliphatic heterocycles. The van der Waals surface area contributed by atoms with Crippen LogP contribution in [0.15, 0.2) is 0 Å². The second-order valence-corrected chi connectivity index (χ2v) is 3.52. The fourth-order valence-electron chi connectivity index (χ4n) is 1.58. The number of Topliss-reactive ketones (excluding diaryl/α,β-unsaturated/α-hetero) is 1. The van der Waals surface area contributed by atoms with Crippen LogP contribution in [0.5, 0.6) is 0 Å². The van der Waals surface area contributed by atoms with Gasteiger partial charge in [0.1, 0.15) is 5.78 Å². The molecule has 4 heteroatoms. The van der Waals surface area contributed by atoms with E-state index in [0.717, 1.165) is 12.8 Å². The van der Waals surface area contributed by atoms with Gasteiger partial charge in [0.25, 0.3) is 0 Å². The Morgan fingerprint density at radius 3 is 2.92 bits per heavy atom. The summed E-state index contributed by atoms with van der Waals surface area (Å²) >= 11 is 0. The maximum atomic E-state index is 11.3. The van der Waals surface area contributed by atoms with Crippen LogP contribution in [0.25, 0.3) is 0 Å². The Bertz CT molecular complexity index is 216. The van der Waals surface area contributed by atoms with Gasteiger partial charge in [-0.15, -0.1) is 0 Å². The molecular weight excluding hydrogens is 168 g/mol.